The molecule has 0 atom stereocenters. The Morgan fingerprint density at radius 2 is 2.08 bits per heavy atom. The number of carbonyl (C=O) groups excluding carboxylic acids is 1. The third-order valence-corrected chi connectivity index (χ3v) is 1.60. The number of nitrogens with zero attached hydrogens (tertiary/aromatic N) is 1. The Hall–Kier alpha value is -0.316. The van der Waals surface area contributed by atoms with Crippen molar-refractivity contribution in [2.45, 2.75) is 0 Å². The van der Waals surface area contributed by atoms with E-state index in [0.29, 0.717) is 0 Å². The second-order valence-corrected chi connectivity index (χ2v) is 2.43. The maximum atomic E-state index is 10.2. The number of nitro benzene ring substituents is 1. The van der Waals surface area contributed by atoms with Crippen LogP contribution in [0.3, 0.4) is 0 Å². The van der Waals surface area contributed by atoms with Crippen LogP contribution in [0.15, 0.2) is 18.2 Å². The molecule has 0 radical (unpaired) electrons. The first-order valence-electron chi connectivity index (χ1n) is 2.97. The predicted molar refractivity (Wildman–Crippen MR) is 42.9 cm³/mol. The fraction of sp³-hybridized carbons (Fsp3) is 0. The summed E-state index contributed by atoms with van der Waals surface area (Å²) in [4.78, 5) is 19.8. The van der Waals surface area contributed by atoms with Gasteiger partial charge in [0.25, 0.3) is 0 Å². The fourth-order valence-electron chi connectivity index (χ4n) is 0.705. The summed E-state index contributed by atoms with van der Waals surface area (Å²) in [5.41, 5.74) is -0.163. The smallest absolute Gasteiger partial charge is 0.376 e. The molecule has 1 aromatic rings. The summed E-state index contributed by atoms with van der Waals surface area (Å²) in [7, 11) is 0. The molecule has 0 saturated carbocycles. The molecular weight excluding hydrogens is 270 g/mol. The molecule has 6 heteroatoms. The van der Waals surface area contributed by atoms with Gasteiger partial charge in [0.05, 0.1) is 6.29 Å². The zero-order chi connectivity index (χ0) is 9.14. The Bertz CT molecular complexity index is 343. The number of non-ortho nitro benzene ring substituents is 1. The van der Waals surface area contributed by atoms with Crippen LogP contribution in [0.5, 0.6) is 0 Å². The van der Waals surface area contributed by atoms with Gasteiger partial charge < -0.3 is 4.79 Å². The molecule has 0 aliphatic rings. The second kappa shape index (κ2) is 5.42. The van der Waals surface area contributed by atoms with Crippen LogP contribution in [0, 0.1) is 10.1 Å². The Balaban J connectivity index is 0.00000144. The number of benzene rings is 1. The molecule has 0 bridgehead atoms. The second-order valence-electron chi connectivity index (χ2n) is 2.02. The molecule has 0 unspecified atom stereocenters. The quantitative estimate of drug-likeness (QED) is 0.468. The van der Waals surface area contributed by atoms with Gasteiger partial charge >= 0.3 is 32.7 Å². The summed E-state index contributed by atoms with van der Waals surface area (Å²) in [6.07, 6.45) is 1.50. The van der Waals surface area contributed by atoms with Crippen LogP contribution in [-0.2, 0) is 37.5 Å². The van der Waals surface area contributed by atoms with E-state index in [1.54, 1.807) is 0 Å². The Morgan fingerprint density at radius 1 is 1.46 bits per heavy atom. The van der Waals surface area contributed by atoms with Gasteiger partial charge in [-0.25, -0.2) is 0 Å². The molecule has 0 aliphatic carbocycles. The molecule has 0 amide bonds. The molecule has 0 saturated heterocycles. The van der Waals surface area contributed by atoms with E-state index in [4.69, 9.17) is 11.6 Å². The summed E-state index contributed by atoms with van der Waals surface area (Å²) in [6.45, 7) is 0. The van der Waals surface area contributed by atoms with Crippen LogP contribution in [0.1, 0.15) is 5.56 Å². The predicted octanol–water partition coefficient (Wildman–Crippen LogP) is 1.70. The maximum Gasteiger partial charge on any atom is 3.00 e. The van der Waals surface area contributed by atoms with Gasteiger partial charge in [0.1, 0.15) is 0 Å². The van der Waals surface area contributed by atoms with E-state index in [-0.39, 0.29) is 49.0 Å². The van der Waals surface area contributed by atoms with Gasteiger partial charge in [-0.2, -0.15) is 11.6 Å². The molecule has 4 nitrogen and oxygen atoms in total. The topological polar surface area (TPSA) is 60.2 Å². The SMILES string of the molecule is O=[C-]c1cc([N+](=O)[O-])ccc1Cl.[Y+3]. The van der Waals surface area contributed by atoms with Crippen LogP contribution < -0.4 is 0 Å². The van der Waals surface area contributed by atoms with Crippen LogP contribution in [-0.4, -0.2) is 11.2 Å². The minimum Gasteiger partial charge on any atom is -0.376 e. The van der Waals surface area contributed by atoms with Gasteiger partial charge in [-0.15, -0.1) is 5.56 Å². The van der Waals surface area contributed by atoms with Crippen LogP contribution >= 0.6 is 11.6 Å². The van der Waals surface area contributed by atoms with Crippen molar-refractivity contribution in [3.8, 4) is 0 Å². The Labute approximate surface area is 104 Å². The standard InChI is InChI=1S/C7H3ClNO3.Y/c8-7-2-1-6(9(11)12)3-5(7)4-10;/h1-3H;/q-1;+3. The number of halogens is 1. The first-order valence-corrected chi connectivity index (χ1v) is 3.35. The number of hydrogen-bond donors (Lipinski definition) is 0. The molecule has 62 valence electrons. The van der Waals surface area contributed by atoms with Crippen molar-refractivity contribution in [3.63, 3.8) is 0 Å². The van der Waals surface area contributed by atoms with Crippen molar-refractivity contribution < 1.29 is 42.4 Å². The van der Waals surface area contributed by atoms with Gasteiger partial charge in [-0.3, -0.25) is 10.1 Å². The average Bonchev–Trinajstić information content (AvgIpc) is 2.05. The summed E-state index contributed by atoms with van der Waals surface area (Å²) in [6, 6.07) is 3.60. The third kappa shape index (κ3) is 3.14. The van der Waals surface area contributed by atoms with E-state index < -0.39 is 4.92 Å². The van der Waals surface area contributed by atoms with Gasteiger partial charge in [0.2, 0.25) is 5.69 Å². The van der Waals surface area contributed by atoms with E-state index in [1.807, 2.05) is 0 Å². The zero-order valence-electron chi connectivity index (χ0n) is 6.36. The van der Waals surface area contributed by atoms with E-state index in [9.17, 15) is 14.9 Å². The largest absolute Gasteiger partial charge is 3.00 e. The molecule has 0 aromatic heterocycles. The minimum atomic E-state index is -0.600. The fourth-order valence-corrected chi connectivity index (χ4v) is 0.861. The van der Waals surface area contributed by atoms with Gasteiger partial charge in [0.15, 0.2) is 0 Å². The van der Waals surface area contributed by atoms with Crippen molar-refractivity contribution in [1.29, 1.82) is 0 Å². The molecule has 0 fully saturated rings. The number of rotatable bonds is 2. The summed E-state index contributed by atoms with van der Waals surface area (Å²) in [5, 5.41) is 10.4. The number of nitro groups is 1. The molecule has 13 heavy (non-hydrogen) atoms. The first-order chi connectivity index (χ1) is 5.65. The summed E-state index contributed by atoms with van der Waals surface area (Å²) in [5.74, 6) is 0. The first kappa shape index (κ1) is 12.7. The Kier molecular flexibility index (Phi) is 5.29. The van der Waals surface area contributed by atoms with E-state index in [0.717, 1.165) is 6.07 Å². The maximum absolute atomic E-state index is 10.2. The average molecular weight is 273 g/mol. The van der Waals surface area contributed by atoms with Crippen LogP contribution in [0.4, 0.5) is 5.69 Å². The zero-order valence-corrected chi connectivity index (χ0v) is 9.95. The van der Waals surface area contributed by atoms with Crippen molar-refractivity contribution in [2.75, 3.05) is 0 Å². The normalized spacial score (nSPS) is 8.69. The van der Waals surface area contributed by atoms with E-state index >= 15 is 0 Å². The Morgan fingerprint density at radius 3 is 2.54 bits per heavy atom. The van der Waals surface area contributed by atoms with E-state index in [2.05, 4.69) is 0 Å². The molecule has 0 aliphatic heterocycles. The van der Waals surface area contributed by atoms with Crippen molar-refractivity contribution in [1.82, 2.24) is 0 Å². The summed E-state index contributed by atoms with van der Waals surface area (Å²) < 4.78 is 0. The van der Waals surface area contributed by atoms with Crippen LogP contribution in [0.2, 0.25) is 5.02 Å². The molecule has 0 heterocycles. The molecule has 0 N–H and O–H groups in total. The molecule has 1 rings (SSSR count). The third-order valence-electron chi connectivity index (χ3n) is 1.27. The summed E-state index contributed by atoms with van der Waals surface area (Å²) >= 11 is 5.52. The van der Waals surface area contributed by atoms with Gasteiger partial charge in [-0.1, -0.05) is 17.2 Å². The minimum absolute atomic E-state index is 0. The monoisotopic (exact) mass is 273 g/mol. The number of hydrogen-bond acceptors (Lipinski definition) is 3. The van der Waals surface area contributed by atoms with Gasteiger partial charge in [-0.05, 0) is 6.07 Å². The van der Waals surface area contributed by atoms with Crippen molar-refractivity contribution in [3.05, 3.63) is 38.9 Å². The van der Waals surface area contributed by atoms with Gasteiger partial charge in [0, 0.05) is 4.92 Å². The molecule has 1 aromatic carbocycles. The van der Waals surface area contributed by atoms with Crippen molar-refractivity contribution >= 4 is 23.6 Å². The molecular formula is C7H3ClNO3Y+2. The van der Waals surface area contributed by atoms with Crippen molar-refractivity contribution in [2.24, 2.45) is 0 Å². The van der Waals surface area contributed by atoms with Crippen LogP contribution in [0.25, 0.3) is 0 Å². The molecule has 0 spiro atoms. The van der Waals surface area contributed by atoms with E-state index in [1.165, 1.54) is 18.4 Å².